The normalized spacial score (nSPS) is 31.7. The van der Waals surface area contributed by atoms with E-state index in [1.807, 2.05) is 11.0 Å². The van der Waals surface area contributed by atoms with Crippen molar-refractivity contribution in [2.45, 2.75) is 37.6 Å². The quantitative estimate of drug-likeness (QED) is 0.857. The van der Waals surface area contributed by atoms with Crippen molar-refractivity contribution in [2.75, 3.05) is 26.2 Å². The predicted molar refractivity (Wildman–Crippen MR) is 83.0 cm³/mol. The number of carbonyl (C=O) groups excluding carboxylic acids is 1. The summed E-state index contributed by atoms with van der Waals surface area (Å²) in [4.78, 5) is 17.2. The monoisotopic (exact) mass is 302 g/mol. The lowest BCUT2D eigenvalue weighted by Gasteiger charge is -2.23. The van der Waals surface area contributed by atoms with E-state index >= 15 is 0 Å². The molecule has 4 rings (SSSR count). The van der Waals surface area contributed by atoms with Gasteiger partial charge in [0, 0.05) is 25.0 Å². The number of carbonyl (C=O) groups is 1. The molecule has 3 atom stereocenters. The van der Waals surface area contributed by atoms with E-state index in [1.165, 1.54) is 32.0 Å². The van der Waals surface area contributed by atoms with E-state index in [0.29, 0.717) is 6.04 Å². The third-order valence-corrected chi connectivity index (χ3v) is 5.52. The van der Waals surface area contributed by atoms with Crippen LogP contribution in [-0.4, -0.2) is 47.9 Å². The second-order valence-electron chi connectivity index (χ2n) is 6.97. The van der Waals surface area contributed by atoms with E-state index in [0.717, 1.165) is 31.5 Å². The van der Waals surface area contributed by atoms with Gasteiger partial charge in [0.2, 0.25) is 5.91 Å². The molecule has 118 valence electrons. The summed E-state index contributed by atoms with van der Waals surface area (Å²) in [5.41, 5.74) is 0.980. The van der Waals surface area contributed by atoms with E-state index in [2.05, 4.69) is 4.90 Å². The van der Waals surface area contributed by atoms with Gasteiger partial charge in [0.05, 0.1) is 0 Å². The van der Waals surface area contributed by atoms with E-state index in [1.54, 1.807) is 12.1 Å². The van der Waals surface area contributed by atoms with Crippen molar-refractivity contribution < 1.29 is 9.18 Å². The predicted octanol–water partition coefficient (Wildman–Crippen LogP) is 2.63. The third-order valence-electron chi connectivity index (χ3n) is 5.52. The van der Waals surface area contributed by atoms with E-state index in [4.69, 9.17) is 0 Å². The number of amides is 1. The zero-order chi connectivity index (χ0) is 15.1. The Balaban J connectivity index is 1.35. The summed E-state index contributed by atoms with van der Waals surface area (Å²) in [5, 5.41) is 0. The lowest BCUT2D eigenvalue weighted by molar-refractivity contribution is -0.131. The van der Waals surface area contributed by atoms with Gasteiger partial charge in [-0.05, 0) is 62.4 Å². The first-order valence-electron chi connectivity index (χ1n) is 8.50. The lowest BCUT2D eigenvalue weighted by Crippen LogP contribution is -2.37. The first-order valence-corrected chi connectivity index (χ1v) is 8.50. The van der Waals surface area contributed by atoms with Gasteiger partial charge in [0.1, 0.15) is 5.82 Å². The van der Waals surface area contributed by atoms with Crippen molar-refractivity contribution in [3.63, 3.8) is 0 Å². The molecule has 0 unspecified atom stereocenters. The van der Waals surface area contributed by atoms with Crippen molar-refractivity contribution in [1.82, 2.24) is 9.80 Å². The molecule has 2 heterocycles. The summed E-state index contributed by atoms with van der Waals surface area (Å²) >= 11 is 0. The molecule has 3 fully saturated rings. The molecule has 0 N–H and O–H groups in total. The number of benzene rings is 1. The highest BCUT2D eigenvalue weighted by Gasteiger charge is 2.47. The maximum Gasteiger partial charge on any atom is 0.226 e. The largest absolute Gasteiger partial charge is 0.341 e. The average molecular weight is 302 g/mol. The molecular formula is C18H23FN2O. The van der Waals surface area contributed by atoms with Gasteiger partial charge >= 0.3 is 0 Å². The van der Waals surface area contributed by atoms with Gasteiger partial charge in [-0.2, -0.15) is 0 Å². The van der Waals surface area contributed by atoms with E-state index < -0.39 is 0 Å². The molecule has 3 nitrogen and oxygen atoms in total. The molecule has 22 heavy (non-hydrogen) atoms. The Morgan fingerprint density at radius 1 is 1.18 bits per heavy atom. The molecule has 1 aromatic carbocycles. The minimum atomic E-state index is -0.203. The molecule has 0 radical (unpaired) electrons. The van der Waals surface area contributed by atoms with Gasteiger partial charge in [-0.15, -0.1) is 0 Å². The van der Waals surface area contributed by atoms with Crippen LogP contribution in [0.1, 0.15) is 37.2 Å². The van der Waals surface area contributed by atoms with E-state index in [-0.39, 0.29) is 23.6 Å². The van der Waals surface area contributed by atoms with Crippen LogP contribution in [0.4, 0.5) is 4.39 Å². The Kier molecular flexibility index (Phi) is 3.65. The SMILES string of the molecule is O=C([C@@H]1C[C@@H]1c1cccc(F)c1)N1CC[C@H](N2CCCC2)C1. The maximum atomic E-state index is 13.3. The number of rotatable bonds is 3. The Bertz CT molecular complexity index is 570. The zero-order valence-corrected chi connectivity index (χ0v) is 12.9. The molecule has 3 aliphatic rings. The summed E-state index contributed by atoms with van der Waals surface area (Å²) < 4.78 is 13.3. The third kappa shape index (κ3) is 2.65. The topological polar surface area (TPSA) is 23.6 Å². The molecule has 1 amide bonds. The van der Waals surface area contributed by atoms with Crippen molar-refractivity contribution >= 4 is 5.91 Å². The second-order valence-corrected chi connectivity index (χ2v) is 6.97. The maximum absolute atomic E-state index is 13.3. The highest BCUT2D eigenvalue weighted by atomic mass is 19.1. The Labute approximate surface area is 131 Å². The molecule has 1 aliphatic carbocycles. The fourth-order valence-electron chi connectivity index (χ4n) is 4.15. The second kappa shape index (κ2) is 5.65. The standard InChI is InChI=1S/C18H23FN2O/c19-14-5-3-4-13(10-14)16-11-17(16)18(22)21-9-6-15(12-21)20-7-1-2-8-20/h3-5,10,15-17H,1-2,6-9,11-12H2/t15-,16+,17+/m0/s1. The minimum absolute atomic E-state index is 0.0825. The van der Waals surface area contributed by atoms with Crippen molar-refractivity contribution in [3.8, 4) is 0 Å². The van der Waals surface area contributed by atoms with Crippen molar-refractivity contribution in [3.05, 3.63) is 35.6 Å². The molecule has 0 spiro atoms. The summed E-state index contributed by atoms with van der Waals surface area (Å²) in [6.07, 6.45) is 4.60. The smallest absolute Gasteiger partial charge is 0.226 e. The van der Waals surface area contributed by atoms with Gasteiger partial charge in [-0.3, -0.25) is 9.69 Å². The molecule has 0 aromatic heterocycles. The van der Waals surface area contributed by atoms with Gasteiger partial charge in [0.15, 0.2) is 0 Å². The van der Waals surface area contributed by atoms with Crippen LogP contribution >= 0.6 is 0 Å². The van der Waals surface area contributed by atoms with Crippen LogP contribution in [0.3, 0.4) is 0 Å². The summed E-state index contributed by atoms with van der Waals surface area (Å²) in [6.45, 7) is 4.18. The Morgan fingerprint density at radius 2 is 2.00 bits per heavy atom. The van der Waals surface area contributed by atoms with Crippen LogP contribution < -0.4 is 0 Å². The van der Waals surface area contributed by atoms with Gasteiger partial charge in [0.25, 0.3) is 0 Å². The van der Waals surface area contributed by atoms with Crippen LogP contribution in [0.5, 0.6) is 0 Å². The Hall–Kier alpha value is -1.42. The van der Waals surface area contributed by atoms with Crippen LogP contribution in [0.25, 0.3) is 0 Å². The fourth-order valence-corrected chi connectivity index (χ4v) is 4.15. The van der Waals surface area contributed by atoms with Crippen LogP contribution in [0.15, 0.2) is 24.3 Å². The van der Waals surface area contributed by atoms with Crippen molar-refractivity contribution in [1.29, 1.82) is 0 Å². The summed E-state index contributed by atoms with van der Waals surface area (Å²) in [7, 11) is 0. The van der Waals surface area contributed by atoms with Crippen LogP contribution in [-0.2, 0) is 4.79 Å². The minimum Gasteiger partial charge on any atom is -0.341 e. The molecular weight excluding hydrogens is 279 g/mol. The molecule has 4 heteroatoms. The number of hydrogen-bond acceptors (Lipinski definition) is 2. The van der Waals surface area contributed by atoms with E-state index in [9.17, 15) is 9.18 Å². The Morgan fingerprint density at radius 3 is 2.77 bits per heavy atom. The highest BCUT2D eigenvalue weighted by molar-refractivity contribution is 5.83. The average Bonchev–Trinajstić information content (AvgIpc) is 2.92. The first kappa shape index (κ1) is 14.2. The highest BCUT2D eigenvalue weighted by Crippen LogP contribution is 2.48. The number of hydrogen-bond donors (Lipinski definition) is 0. The van der Waals surface area contributed by atoms with Gasteiger partial charge < -0.3 is 4.90 Å². The fraction of sp³-hybridized carbons (Fsp3) is 0.611. The zero-order valence-electron chi connectivity index (χ0n) is 12.9. The first-order chi connectivity index (χ1) is 10.7. The number of halogens is 1. The van der Waals surface area contributed by atoms with Gasteiger partial charge in [-0.1, -0.05) is 12.1 Å². The summed E-state index contributed by atoms with van der Waals surface area (Å²) in [5.74, 6) is 0.398. The number of nitrogens with zero attached hydrogens (tertiary/aromatic N) is 2. The van der Waals surface area contributed by atoms with Gasteiger partial charge in [-0.25, -0.2) is 4.39 Å². The molecule has 1 saturated carbocycles. The molecule has 2 saturated heterocycles. The van der Waals surface area contributed by atoms with Crippen molar-refractivity contribution in [2.24, 2.45) is 5.92 Å². The molecule has 2 aliphatic heterocycles. The number of likely N-dealkylation sites (tertiary alicyclic amines) is 2. The lowest BCUT2D eigenvalue weighted by atomic mass is 10.1. The van der Waals surface area contributed by atoms with Crippen LogP contribution in [0.2, 0.25) is 0 Å². The molecule has 0 bridgehead atoms. The summed E-state index contributed by atoms with van der Waals surface area (Å²) in [6, 6.07) is 7.29. The van der Waals surface area contributed by atoms with Crippen LogP contribution in [0, 0.1) is 11.7 Å². The molecule has 1 aromatic rings.